The van der Waals surface area contributed by atoms with Crippen molar-refractivity contribution in [3.05, 3.63) is 42.0 Å². The minimum atomic E-state index is -0.256. The van der Waals surface area contributed by atoms with Gasteiger partial charge in [0.2, 0.25) is 0 Å². The molecule has 1 N–H and O–H groups in total. The molecule has 0 saturated carbocycles. The van der Waals surface area contributed by atoms with Crippen LogP contribution >= 0.6 is 0 Å². The summed E-state index contributed by atoms with van der Waals surface area (Å²) in [5, 5.41) is 3.26. The molecule has 1 aromatic heterocycles. The third kappa shape index (κ3) is 3.54. The van der Waals surface area contributed by atoms with Gasteiger partial charge in [0.1, 0.15) is 12.1 Å². The Labute approximate surface area is 112 Å². The standard InChI is InChI=1S/C14H18FN3O/c1-3-8-16-9-12-10-19-14(17-12)18(2)13-6-4-11(15)5-7-13/h4-7,10,16H,3,8-9H2,1-2H3. The molecule has 102 valence electrons. The largest absolute Gasteiger partial charge is 0.431 e. The van der Waals surface area contributed by atoms with E-state index in [0.717, 1.165) is 24.3 Å². The van der Waals surface area contributed by atoms with Crippen LogP contribution in [0.2, 0.25) is 0 Å². The van der Waals surface area contributed by atoms with Crippen LogP contribution in [-0.2, 0) is 6.54 Å². The van der Waals surface area contributed by atoms with Crippen molar-refractivity contribution in [1.29, 1.82) is 0 Å². The molecule has 1 heterocycles. The van der Waals surface area contributed by atoms with Crippen LogP contribution in [0.25, 0.3) is 0 Å². The van der Waals surface area contributed by atoms with Gasteiger partial charge in [-0.3, -0.25) is 4.90 Å². The Morgan fingerprint density at radius 1 is 1.32 bits per heavy atom. The lowest BCUT2D eigenvalue weighted by Gasteiger charge is -2.13. The summed E-state index contributed by atoms with van der Waals surface area (Å²) in [7, 11) is 1.84. The van der Waals surface area contributed by atoms with Crippen molar-refractivity contribution >= 4 is 11.7 Å². The molecular weight excluding hydrogens is 245 g/mol. The highest BCUT2D eigenvalue weighted by molar-refractivity contribution is 5.54. The van der Waals surface area contributed by atoms with Crippen molar-refractivity contribution < 1.29 is 8.81 Å². The summed E-state index contributed by atoms with van der Waals surface area (Å²) in [4.78, 5) is 6.16. The first-order valence-electron chi connectivity index (χ1n) is 6.35. The topological polar surface area (TPSA) is 41.3 Å². The average Bonchev–Trinajstić information content (AvgIpc) is 2.88. The Kier molecular flexibility index (Phi) is 4.52. The number of hydrogen-bond donors (Lipinski definition) is 1. The molecule has 0 atom stereocenters. The first-order valence-corrected chi connectivity index (χ1v) is 6.35. The molecule has 5 heteroatoms. The van der Waals surface area contributed by atoms with Gasteiger partial charge >= 0.3 is 6.01 Å². The normalized spacial score (nSPS) is 10.7. The van der Waals surface area contributed by atoms with Crippen LogP contribution in [0.15, 0.2) is 34.9 Å². The highest BCUT2D eigenvalue weighted by Crippen LogP contribution is 2.22. The van der Waals surface area contributed by atoms with E-state index in [1.54, 1.807) is 23.3 Å². The second-order valence-corrected chi connectivity index (χ2v) is 4.33. The molecule has 1 aromatic carbocycles. The maximum atomic E-state index is 12.9. The third-order valence-electron chi connectivity index (χ3n) is 2.77. The number of rotatable bonds is 6. The summed E-state index contributed by atoms with van der Waals surface area (Å²) in [6.07, 6.45) is 2.72. The van der Waals surface area contributed by atoms with Crippen molar-refractivity contribution in [3.63, 3.8) is 0 Å². The van der Waals surface area contributed by atoms with Crippen LogP contribution in [-0.4, -0.2) is 18.6 Å². The van der Waals surface area contributed by atoms with Crippen molar-refractivity contribution in [1.82, 2.24) is 10.3 Å². The molecule has 0 aliphatic rings. The molecule has 0 aliphatic heterocycles. The summed E-state index contributed by atoms with van der Waals surface area (Å²) < 4.78 is 18.3. The van der Waals surface area contributed by atoms with Gasteiger partial charge in [-0.1, -0.05) is 6.92 Å². The van der Waals surface area contributed by atoms with E-state index in [1.807, 2.05) is 7.05 Å². The molecule has 0 radical (unpaired) electrons. The number of hydrogen-bond acceptors (Lipinski definition) is 4. The Balaban J connectivity index is 2.03. The molecule has 0 bridgehead atoms. The molecule has 2 rings (SSSR count). The zero-order chi connectivity index (χ0) is 13.7. The van der Waals surface area contributed by atoms with E-state index in [0.29, 0.717) is 12.6 Å². The molecule has 0 fully saturated rings. The van der Waals surface area contributed by atoms with Crippen LogP contribution in [0.3, 0.4) is 0 Å². The number of anilines is 2. The Bertz CT molecular complexity index is 510. The van der Waals surface area contributed by atoms with Gasteiger partial charge in [-0.25, -0.2) is 4.39 Å². The molecule has 0 spiro atoms. The van der Waals surface area contributed by atoms with E-state index in [1.165, 1.54) is 12.1 Å². The van der Waals surface area contributed by atoms with Gasteiger partial charge in [0, 0.05) is 19.3 Å². The Morgan fingerprint density at radius 3 is 2.74 bits per heavy atom. The Morgan fingerprint density at radius 2 is 2.05 bits per heavy atom. The number of oxazole rings is 1. The maximum absolute atomic E-state index is 12.9. The van der Waals surface area contributed by atoms with E-state index < -0.39 is 0 Å². The number of nitrogens with one attached hydrogen (secondary N) is 1. The molecule has 0 unspecified atom stereocenters. The molecule has 0 amide bonds. The minimum absolute atomic E-state index is 0.256. The van der Waals surface area contributed by atoms with E-state index in [-0.39, 0.29) is 5.82 Å². The lowest BCUT2D eigenvalue weighted by atomic mass is 10.3. The predicted octanol–water partition coefficient (Wildman–Crippen LogP) is 3.08. The van der Waals surface area contributed by atoms with Crippen LogP contribution in [0, 0.1) is 5.82 Å². The van der Waals surface area contributed by atoms with Crippen LogP contribution in [0.4, 0.5) is 16.1 Å². The molecule has 0 saturated heterocycles. The fraction of sp³-hybridized carbons (Fsp3) is 0.357. The van der Waals surface area contributed by atoms with Crippen molar-refractivity contribution in [2.24, 2.45) is 0 Å². The van der Waals surface area contributed by atoms with Gasteiger partial charge in [-0.2, -0.15) is 4.98 Å². The summed E-state index contributed by atoms with van der Waals surface area (Å²) in [6, 6.07) is 6.71. The fourth-order valence-electron chi connectivity index (χ4n) is 1.70. The quantitative estimate of drug-likeness (QED) is 0.813. The van der Waals surface area contributed by atoms with Crippen LogP contribution < -0.4 is 10.2 Å². The third-order valence-corrected chi connectivity index (χ3v) is 2.77. The first-order chi connectivity index (χ1) is 9.20. The van der Waals surface area contributed by atoms with Gasteiger partial charge in [0.05, 0.1) is 5.69 Å². The predicted molar refractivity (Wildman–Crippen MR) is 73.0 cm³/mol. The van der Waals surface area contributed by atoms with Gasteiger partial charge in [0.15, 0.2) is 0 Å². The summed E-state index contributed by atoms with van der Waals surface area (Å²) in [5.74, 6) is -0.256. The van der Waals surface area contributed by atoms with Crippen LogP contribution in [0.1, 0.15) is 19.0 Å². The number of aromatic nitrogens is 1. The van der Waals surface area contributed by atoms with Gasteiger partial charge in [-0.15, -0.1) is 0 Å². The van der Waals surface area contributed by atoms with Crippen molar-refractivity contribution in [3.8, 4) is 0 Å². The lowest BCUT2D eigenvalue weighted by molar-refractivity contribution is 0.557. The molecular formula is C14H18FN3O. The average molecular weight is 263 g/mol. The van der Waals surface area contributed by atoms with Gasteiger partial charge in [0.25, 0.3) is 0 Å². The zero-order valence-corrected chi connectivity index (χ0v) is 11.2. The van der Waals surface area contributed by atoms with Crippen molar-refractivity contribution in [2.75, 3.05) is 18.5 Å². The smallest absolute Gasteiger partial charge is 0.301 e. The van der Waals surface area contributed by atoms with Gasteiger partial charge in [-0.05, 0) is 37.2 Å². The molecule has 2 aromatic rings. The highest BCUT2D eigenvalue weighted by Gasteiger charge is 2.10. The van der Waals surface area contributed by atoms with E-state index in [2.05, 4.69) is 17.2 Å². The SMILES string of the molecule is CCCNCc1coc(N(C)c2ccc(F)cc2)n1. The van der Waals surface area contributed by atoms with Crippen LogP contribution in [0.5, 0.6) is 0 Å². The van der Waals surface area contributed by atoms with Gasteiger partial charge < -0.3 is 9.73 Å². The molecule has 0 aliphatic carbocycles. The fourth-order valence-corrected chi connectivity index (χ4v) is 1.70. The summed E-state index contributed by atoms with van der Waals surface area (Å²) in [6.45, 7) is 3.76. The molecule has 19 heavy (non-hydrogen) atoms. The van der Waals surface area contributed by atoms with E-state index in [4.69, 9.17) is 4.42 Å². The number of nitrogens with zero attached hydrogens (tertiary/aromatic N) is 2. The molecule has 4 nitrogen and oxygen atoms in total. The first kappa shape index (κ1) is 13.5. The number of benzene rings is 1. The summed E-state index contributed by atoms with van der Waals surface area (Å²) in [5.41, 5.74) is 1.69. The second kappa shape index (κ2) is 6.33. The highest BCUT2D eigenvalue weighted by atomic mass is 19.1. The number of halogens is 1. The Hall–Kier alpha value is -1.88. The monoisotopic (exact) mass is 263 g/mol. The van der Waals surface area contributed by atoms with E-state index >= 15 is 0 Å². The van der Waals surface area contributed by atoms with Crippen molar-refractivity contribution in [2.45, 2.75) is 19.9 Å². The minimum Gasteiger partial charge on any atom is -0.431 e. The van der Waals surface area contributed by atoms with E-state index in [9.17, 15) is 4.39 Å². The lowest BCUT2D eigenvalue weighted by Crippen LogP contribution is -2.14. The zero-order valence-electron chi connectivity index (χ0n) is 11.2. The second-order valence-electron chi connectivity index (χ2n) is 4.33. The summed E-state index contributed by atoms with van der Waals surface area (Å²) >= 11 is 0. The maximum Gasteiger partial charge on any atom is 0.301 e.